The van der Waals surface area contributed by atoms with Crippen LogP contribution in [0.25, 0.3) is 10.9 Å². The van der Waals surface area contributed by atoms with Crippen molar-refractivity contribution in [3.63, 3.8) is 0 Å². The number of ether oxygens (including phenoxy) is 1. The fourth-order valence-corrected chi connectivity index (χ4v) is 1.98. The highest BCUT2D eigenvalue weighted by atomic mass is 79.9. The lowest BCUT2D eigenvalue weighted by molar-refractivity contribution is 0.0594. The predicted molar refractivity (Wildman–Crippen MR) is 65.8 cm³/mol. The van der Waals surface area contributed by atoms with Gasteiger partial charge in [-0.15, -0.1) is 0 Å². The average Bonchev–Trinajstić information content (AvgIpc) is 2.27. The van der Waals surface area contributed by atoms with Crippen LogP contribution in [0, 0.1) is 0 Å². The van der Waals surface area contributed by atoms with Crippen LogP contribution in [-0.2, 0) is 4.74 Å². The number of nitrogens with zero attached hydrogens (tertiary/aromatic N) is 1. The molecule has 0 aliphatic rings. The summed E-state index contributed by atoms with van der Waals surface area (Å²) >= 11 is 9.39. The van der Waals surface area contributed by atoms with Gasteiger partial charge in [0.15, 0.2) is 5.69 Å². The second-order valence-electron chi connectivity index (χ2n) is 3.14. The van der Waals surface area contributed by atoms with E-state index in [4.69, 9.17) is 11.6 Å². The third-order valence-corrected chi connectivity index (χ3v) is 2.92. The van der Waals surface area contributed by atoms with Crippen LogP contribution < -0.4 is 0 Å². The molecule has 5 heteroatoms. The van der Waals surface area contributed by atoms with Crippen molar-refractivity contribution in [3.05, 3.63) is 39.5 Å². The number of hydrogen-bond acceptors (Lipinski definition) is 3. The first-order valence-electron chi connectivity index (χ1n) is 4.46. The SMILES string of the molecule is COC(=O)c1cc(Cl)c2ccc(Br)cc2n1. The molecule has 16 heavy (non-hydrogen) atoms. The van der Waals surface area contributed by atoms with Gasteiger partial charge in [-0.05, 0) is 18.2 Å². The minimum Gasteiger partial charge on any atom is -0.464 e. The summed E-state index contributed by atoms with van der Waals surface area (Å²) in [6.07, 6.45) is 0. The van der Waals surface area contributed by atoms with Crippen LogP contribution in [0.4, 0.5) is 0 Å². The number of halogens is 2. The summed E-state index contributed by atoms with van der Waals surface area (Å²) in [5.74, 6) is -0.497. The van der Waals surface area contributed by atoms with Gasteiger partial charge in [0.25, 0.3) is 0 Å². The van der Waals surface area contributed by atoms with Crippen molar-refractivity contribution < 1.29 is 9.53 Å². The van der Waals surface area contributed by atoms with Crippen molar-refractivity contribution in [2.45, 2.75) is 0 Å². The van der Waals surface area contributed by atoms with Crippen LogP contribution in [0.2, 0.25) is 5.02 Å². The van der Waals surface area contributed by atoms with Gasteiger partial charge in [0, 0.05) is 9.86 Å². The van der Waals surface area contributed by atoms with Crippen LogP contribution in [-0.4, -0.2) is 18.1 Å². The minimum atomic E-state index is -0.497. The fourth-order valence-electron chi connectivity index (χ4n) is 1.37. The van der Waals surface area contributed by atoms with Crippen LogP contribution >= 0.6 is 27.5 Å². The van der Waals surface area contributed by atoms with Gasteiger partial charge in [0.05, 0.1) is 17.6 Å². The number of hydrogen-bond donors (Lipinski definition) is 0. The Labute approximate surface area is 106 Å². The third-order valence-electron chi connectivity index (χ3n) is 2.12. The van der Waals surface area contributed by atoms with Gasteiger partial charge in [-0.2, -0.15) is 0 Å². The van der Waals surface area contributed by atoms with Crippen LogP contribution in [0.3, 0.4) is 0 Å². The molecule has 0 unspecified atom stereocenters. The molecule has 0 amide bonds. The van der Waals surface area contributed by atoms with Gasteiger partial charge in [-0.3, -0.25) is 0 Å². The Hall–Kier alpha value is -1.13. The van der Waals surface area contributed by atoms with Crippen LogP contribution in [0.1, 0.15) is 10.5 Å². The molecule has 0 bridgehead atoms. The maximum Gasteiger partial charge on any atom is 0.356 e. The molecule has 0 saturated heterocycles. The molecule has 0 radical (unpaired) electrons. The molecule has 0 saturated carbocycles. The summed E-state index contributed by atoms with van der Waals surface area (Å²) in [7, 11) is 1.31. The molecular formula is C11H7BrClNO2. The lowest BCUT2D eigenvalue weighted by Gasteiger charge is -2.04. The highest BCUT2D eigenvalue weighted by Gasteiger charge is 2.11. The van der Waals surface area contributed by atoms with Crippen molar-refractivity contribution in [3.8, 4) is 0 Å². The number of pyridine rings is 1. The van der Waals surface area contributed by atoms with Crippen molar-refractivity contribution >= 4 is 44.4 Å². The smallest absolute Gasteiger partial charge is 0.356 e. The number of methoxy groups -OCH3 is 1. The summed E-state index contributed by atoms with van der Waals surface area (Å²) < 4.78 is 5.48. The van der Waals surface area contributed by atoms with E-state index < -0.39 is 5.97 Å². The topological polar surface area (TPSA) is 39.2 Å². The highest BCUT2D eigenvalue weighted by molar-refractivity contribution is 9.10. The Morgan fingerprint density at radius 1 is 1.44 bits per heavy atom. The Bertz CT molecular complexity index is 571. The normalized spacial score (nSPS) is 10.4. The predicted octanol–water partition coefficient (Wildman–Crippen LogP) is 3.44. The Morgan fingerprint density at radius 2 is 2.19 bits per heavy atom. The number of carbonyl (C=O) groups excluding carboxylic acids is 1. The molecule has 2 rings (SSSR count). The van der Waals surface area contributed by atoms with E-state index in [1.54, 1.807) is 6.07 Å². The quantitative estimate of drug-likeness (QED) is 0.757. The average molecular weight is 301 g/mol. The van der Waals surface area contributed by atoms with Gasteiger partial charge in [-0.25, -0.2) is 9.78 Å². The number of fused-ring (bicyclic) bond motifs is 1. The van der Waals surface area contributed by atoms with Gasteiger partial charge >= 0.3 is 5.97 Å². The van der Waals surface area contributed by atoms with Gasteiger partial charge in [-0.1, -0.05) is 33.6 Å². The van der Waals surface area contributed by atoms with Gasteiger partial charge < -0.3 is 4.74 Å². The molecule has 0 fully saturated rings. The molecule has 0 aliphatic carbocycles. The first kappa shape index (κ1) is 11.4. The lowest BCUT2D eigenvalue weighted by Crippen LogP contribution is -2.04. The number of carbonyl (C=O) groups is 1. The second-order valence-corrected chi connectivity index (χ2v) is 4.47. The summed E-state index contributed by atoms with van der Waals surface area (Å²) in [6, 6.07) is 7.01. The first-order valence-corrected chi connectivity index (χ1v) is 5.63. The number of benzene rings is 1. The zero-order valence-corrected chi connectivity index (χ0v) is 10.7. The van der Waals surface area contributed by atoms with E-state index in [1.807, 2.05) is 12.1 Å². The first-order chi connectivity index (χ1) is 7.61. The zero-order chi connectivity index (χ0) is 11.7. The largest absolute Gasteiger partial charge is 0.464 e. The molecule has 0 spiro atoms. The Kier molecular flexibility index (Phi) is 3.12. The van der Waals surface area contributed by atoms with Crippen molar-refractivity contribution in [1.82, 2.24) is 4.98 Å². The molecule has 0 atom stereocenters. The molecule has 1 aromatic carbocycles. The molecule has 0 aliphatic heterocycles. The van der Waals surface area contributed by atoms with E-state index in [-0.39, 0.29) is 5.69 Å². The summed E-state index contributed by atoms with van der Waals surface area (Å²) in [4.78, 5) is 15.5. The van der Waals surface area contributed by atoms with E-state index in [1.165, 1.54) is 13.2 Å². The molecule has 1 aromatic heterocycles. The highest BCUT2D eigenvalue weighted by Crippen LogP contribution is 2.25. The van der Waals surface area contributed by atoms with Crippen LogP contribution in [0.5, 0.6) is 0 Å². The van der Waals surface area contributed by atoms with Crippen molar-refractivity contribution in [2.24, 2.45) is 0 Å². The van der Waals surface area contributed by atoms with E-state index in [2.05, 4.69) is 25.7 Å². The molecule has 1 heterocycles. The molecule has 3 nitrogen and oxygen atoms in total. The summed E-state index contributed by atoms with van der Waals surface area (Å²) in [5.41, 5.74) is 0.861. The van der Waals surface area contributed by atoms with Crippen molar-refractivity contribution in [2.75, 3.05) is 7.11 Å². The maximum absolute atomic E-state index is 11.3. The zero-order valence-electron chi connectivity index (χ0n) is 8.33. The molecule has 2 aromatic rings. The lowest BCUT2D eigenvalue weighted by atomic mass is 10.2. The van der Waals surface area contributed by atoms with E-state index in [0.29, 0.717) is 10.5 Å². The molecule has 82 valence electrons. The van der Waals surface area contributed by atoms with Gasteiger partial charge in [0.1, 0.15) is 0 Å². The standard InChI is InChI=1S/C11H7BrClNO2/c1-16-11(15)10-5-8(13)7-3-2-6(12)4-9(7)14-10/h2-5H,1H3. The summed E-state index contributed by atoms with van der Waals surface area (Å²) in [5, 5.41) is 1.29. The third kappa shape index (κ3) is 2.03. The molecule has 0 N–H and O–H groups in total. The minimum absolute atomic E-state index is 0.207. The molecular weight excluding hydrogens is 293 g/mol. The van der Waals surface area contributed by atoms with Crippen molar-refractivity contribution in [1.29, 1.82) is 0 Å². The van der Waals surface area contributed by atoms with E-state index in [0.717, 1.165) is 9.86 Å². The fraction of sp³-hybridized carbons (Fsp3) is 0.0909. The number of aromatic nitrogens is 1. The van der Waals surface area contributed by atoms with Gasteiger partial charge in [0.2, 0.25) is 0 Å². The van der Waals surface area contributed by atoms with E-state index >= 15 is 0 Å². The summed E-state index contributed by atoms with van der Waals surface area (Å²) in [6.45, 7) is 0. The Morgan fingerprint density at radius 3 is 2.88 bits per heavy atom. The second kappa shape index (κ2) is 4.39. The van der Waals surface area contributed by atoms with E-state index in [9.17, 15) is 4.79 Å². The Balaban J connectivity index is 2.69. The maximum atomic E-state index is 11.3. The monoisotopic (exact) mass is 299 g/mol. The number of esters is 1. The number of rotatable bonds is 1. The van der Waals surface area contributed by atoms with Crippen LogP contribution in [0.15, 0.2) is 28.7 Å².